The molecule has 0 amide bonds. The van der Waals surface area contributed by atoms with Crippen LogP contribution in [0, 0.1) is 0 Å². The normalized spacial score (nSPS) is 15.3. The smallest absolute Gasteiger partial charge is 0.134 e. The molecule has 2 aromatic heterocycles. The molecule has 0 aliphatic carbocycles. The lowest BCUT2D eigenvalue weighted by Crippen LogP contribution is -2.36. The molecular formula is C13H17N5OS. The van der Waals surface area contributed by atoms with Gasteiger partial charge >= 0.3 is 0 Å². The van der Waals surface area contributed by atoms with Crippen molar-refractivity contribution < 1.29 is 4.74 Å². The van der Waals surface area contributed by atoms with Gasteiger partial charge in [-0.2, -0.15) is 0 Å². The van der Waals surface area contributed by atoms with Crippen molar-refractivity contribution in [2.24, 2.45) is 0 Å². The Balaban J connectivity index is 1.72. The van der Waals surface area contributed by atoms with E-state index in [-0.39, 0.29) is 0 Å². The van der Waals surface area contributed by atoms with E-state index in [0.717, 1.165) is 50.2 Å². The van der Waals surface area contributed by atoms with Crippen LogP contribution in [0.3, 0.4) is 0 Å². The van der Waals surface area contributed by atoms with E-state index in [1.165, 1.54) is 0 Å². The van der Waals surface area contributed by atoms with Gasteiger partial charge in [-0.3, -0.25) is 0 Å². The maximum absolute atomic E-state index is 5.37. The van der Waals surface area contributed by atoms with Crippen LogP contribution in [-0.2, 0) is 11.3 Å². The summed E-state index contributed by atoms with van der Waals surface area (Å²) in [5, 5.41) is 2.06. The van der Waals surface area contributed by atoms with Crippen LogP contribution in [0.4, 0.5) is 11.6 Å². The summed E-state index contributed by atoms with van der Waals surface area (Å²) >= 11 is 1.61. The summed E-state index contributed by atoms with van der Waals surface area (Å²) in [5.74, 6) is 1.87. The number of hydrogen-bond donors (Lipinski definition) is 0. The number of nitrogens with zero attached hydrogens (tertiary/aromatic N) is 5. The van der Waals surface area contributed by atoms with Crippen molar-refractivity contribution in [3.05, 3.63) is 29.0 Å². The molecule has 2 aromatic rings. The third-order valence-corrected chi connectivity index (χ3v) is 3.88. The Morgan fingerprint density at radius 2 is 2.15 bits per heavy atom. The van der Waals surface area contributed by atoms with Crippen molar-refractivity contribution in [2.45, 2.75) is 6.54 Å². The lowest BCUT2D eigenvalue weighted by atomic mass is 10.3. The van der Waals surface area contributed by atoms with E-state index in [4.69, 9.17) is 4.74 Å². The molecule has 0 saturated carbocycles. The summed E-state index contributed by atoms with van der Waals surface area (Å²) in [7, 11) is 2.02. The van der Waals surface area contributed by atoms with Crippen LogP contribution in [0.5, 0.6) is 0 Å². The zero-order chi connectivity index (χ0) is 13.8. The second-order valence-electron chi connectivity index (χ2n) is 4.67. The first-order valence-electron chi connectivity index (χ1n) is 6.56. The van der Waals surface area contributed by atoms with E-state index in [0.29, 0.717) is 0 Å². The summed E-state index contributed by atoms with van der Waals surface area (Å²) in [4.78, 5) is 17.3. The standard InChI is InChI=1S/C13H17N5OS/c1-17(7-11-8-20-10-16-11)12-6-13(15-9-14-12)18-2-4-19-5-3-18/h6,8-10H,2-5,7H2,1H3. The second kappa shape index (κ2) is 6.15. The minimum absolute atomic E-state index is 0.753. The van der Waals surface area contributed by atoms with E-state index in [9.17, 15) is 0 Å². The zero-order valence-corrected chi connectivity index (χ0v) is 12.2. The van der Waals surface area contributed by atoms with Gasteiger partial charge in [-0.25, -0.2) is 15.0 Å². The molecule has 1 fully saturated rings. The zero-order valence-electron chi connectivity index (χ0n) is 11.4. The summed E-state index contributed by atoms with van der Waals surface area (Å²) in [6, 6.07) is 2.03. The average Bonchev–Trinajstić information content (AvgIpc) is 3.01. The van der Waals surface area contributed by atoms with Crippen LogP contribution in [-0.4, -0.2) is 48.3 Å². The van der Waals surface area contributed by atoms with Gasteiger partial charge in [0.25, 0.3) is 0 Å². The third-order valence-electron chi connectivity index (χ3n) is 3.25. The van der Waals surface area contributed by atoms with Gasteiger partial charge in [0.2, 0.25) is 0 Å². The van der Waals surface area contributed by atoms with Gasteiger partial charge in [0.15, 0.2) is 0 Å². The maximum Gasteiger partial charge on any atom is 0.134 e. The van der Waals surface area contributed by atoms with Crippen molar-refractivity contribution in [2.75, 3.05) is 43.2 Å². The number of aromatic nitrogens is 3. The molecule has 20 heavy (non-hydrogen) atoms. The predicted octanol–water partition coefficient (Wildman–Crippen LogP) is 1.41. The SMILES string of the molecule is CN(Cc1cscn1)c1cc(N2CCOCC2)ncn1. The van der Waals surface area contributed by atoms with Crippen LogP contribution in [0.25, 0.3) is 0 Å². The molecule has 1 aliphatic rings. The Morgan fingerprint density at radius 1 is 1.30 bits per heavy atom. The number of ether oxygens (including phenoxy) is 1. The van der Waals surface area contributed by atoms with Gasteiger partial charge in [-0.15, -0.1) is 11.3 Å². The van der Waals surface area contributed by atoms with E-state index >= 15 is 0 Å². The molecule has 0 aromatic carbocycles. The highest BCUT2D eigenvalue weighted by Gasteiger charge is 2.14. The Hall–Kier alpha value is -1.73. The highest BCUT2D eigenvalue weighted by molar-refractivity contribution is 7.07. The second-order valence-corrected chi connectivity index (χ2v) is 5.39. The van der Waals surface area contributed by atoms with E-state index in [1.807, 2.05) is 18.6 Å². The summed E-state index contributed by atoms with van der Waals surface area (Å²) in [6.45, 7) is 4.03. The maximum atomic E-state index is 5.37. The molecule has 0 atom stereocenters. The van der Waals surface area contributed by atoms with Crippen LogP contribution in [0.1, 0.15) is 5.69 Å². The Kier molecular flexibility index (Phi) is 4.08. The van der Waals surface area contributed by atoms with Crippen molar-refractivity contribution >= 4 is 23.0 Å². The first kappa shape index (κ1) is 13.3. The highest BCUT2D eigenvalue weighted by atomic mass is 32.1. The fourth-order valence-electron chi connectivity index (χ4n) is 2.15. The first-order chi connectivity index (χ1) is 9.83. The van der Waals surface area contributed by atoms with E-state index in [2.05, 4.69) is 30.1 Å². The van der Waals surface area contributed by atoms with Crippen LogP contribution >= 0.6 is 11.3 Å². The molecule has 1 aliphatic heterocycles. The molecular weight excluding hydrogens is 274 g/mol. The van der Waals surface area contributed by atoms with E-state index < -0.39 is 0 Å². The predicted molar refractivity (Wildman–Crippen MR) is 79.3 cm³/mol. The number of hydrogen-bond acceptors (Lipinski definition) is 7. The molecule has 0 unspecified atom stereocenters. The minimum atomic E-state index is 0.753. The van der Waals surface area contributed by atoms with Crippen molar-refractivity contribution in [1.82, 2.24) is 15.0 Å². The molecule has 1 saturated heterocycles. The third kappa shape index (κ3) is 3.05. The first-order valence-corrected chi connectivity index (χ1v) is 7.50. The Morgan fingerprint density at radius 3 is 2.90 bits per heavy atom. The van der Waals surface area contributed by atoms with Crippen molar-refractivity contribution in [3.8, 4) is 0 Å². The minimum Gasteiger partial charge on any atom is -0.378 e. The van der Waals surface area contributed by atoms with Gasteiger partial charge in [-0.1, -0.05) is 0 Å². The molecule has 7 heteroatoms. The van der Waals surface area contributed by atoms with Crippen LogP contribution < -0.4 is 9.80 Å². The number of anilines is 2. The molecule has 0 bridgehead atoms. The van der Waals surface area contributed by atoms with Crippen molar-refractivity contribution in [3.63, 3.8) is 0 Å². The van der Waals surface area contributed by atoms with Gasteiger partial charge in [0.1, 0.15) is 18.0 Å². The molecule has 106 valence electrons. The molecule has 3 rings (SSSR count). The van der Waals surface area contributed by atoms with E-state index in [1.54, 1.807) is 17.7 Å². The van der Waals surface area contributed by atoms with Crippen LogP contribution in [0.15, 0.2) is 23.3 Å². The summed E-state index contributed by atoms with van der Waals surface area (Å²) < 4.78 is 5.37. The Labute approximate surface area is 122 Å². The largest absolute Gasteiger partial charge is 0.378 e. The molecule has 0 N–H and O–H groups in total. The summed E-state index contributed by atoms with van der Waals surface area (Å²) in [6.07, 6.45) is 1.62. The quantitative estimate of drug-likeness (QED) is 0.849. The molecule has 0 radical (unpaired) electrons. The van der Waals surface area contributed by atoms with Gasteiger partial charge in [0, 0.05) is 31.6 Å². The fourth-order valence-corrected chi connectivity index (χ4v) is 2.70. The topological polar surface area (TPSA) is 54.4 Å². The fraction of sp³-hybridized carbons (Fsp3) is 0.462. The highest BCUT2D eigenvalue weighted by Crippen LogP contribution is 2.19. The number of rotatable bonds is 4. The lowest BCUT2D eigenvalue weighted by molar-refractivity contribution is 0.122. The molecule has 6 nitrogen and oxygen atoms in total. The van der Waals surface area contributed by atoms with Gasteiger partial charge < -0.3 is 14.5 Å². The number of morpholine rings is 1. The lowest BCUT2D eigenvalue weighted by Gasteiger charge is -2.28. The van der Waals surface area contributed by atoms with Gasteiger partial charge in [0.05, 0.1) is 31.0 Å². The molecule has 3 heterocycles. The molecule has 0 spiro atoms. The van der Waals surface area contributed by atoms with Crippen LogP contribution in [0.2, 0.25) is 0 Å². The van der Waals surface area contributed by atoms with Gasteiger partial charge in [-0.05, 0) is 0 Å². The average molecular weight is 291 g/mol. The Bertz CT molecular complexity index is 541. The van der Waals surface area contributed by atoms with Crippen molar-refractivity contribution in [1.29, 1.82) is 0 Å². The number of thiazole rings is 1. The summed E-state index contributed by atoms with van der Waals surface area (Å²) in [5.41, 5.74) is 2.91. The monoisotopic (exact) mass is 291 g/mol.